The largest absolute Gasteiger partial charge is 0.573 e. The molecule has 2 N–H and O–H groups in total. The van der Waals surface area contributed by atoms with Gasteiger partial charge in [-0.15, -0.1) is 13.2 Å². The number of carbonyl (C=O) groups excluding carboxylic acids is 2. The lowest BCUT2D eigenvalue weighted by atomic mass is 10.1. The zero-order valence-electron chi connectivity index (χ0n) is 16.2. The summed E-state index contributed by atoms with van der Waals surface area (Å²) in [5.74, 6) is -1.05. The molecule has 156 valence electrons. The second-order valence-electron chi connectivity index (χ2n) is 6.21. The van der Waals surface area contributed by atoms with E-state index in [1.54, 1.807) is 26.0 Å². The first-order valence-corrected chi connectivity index (χ1v) is 8.49. The molecule has 0 aliphatic carbocycles. The van der Waals surface area contributed by atoms with E-state index in [9.17, 15) is 22.8 Å². The van der Waals surface area contributed by atoms with Crippen LogP contribution in [-0.4, -0.2) is 30.3 Å². The number of hydrogen-bond acceptors (Lipinski definition) is 5. The van der Waals surface area contributed by atoms with Gasteiger partial charge in [-0.25, -0.2) is 4.98 Å². The summed E-state index contributed by atoms with van der Waals surface area (Å²) in [5, 5.41) is 5.32. The smallest absolute Gasteiger partial charge is 0.496 e. The number of aryl methyl sites for hydroxylation is 1. The lowest BCUT2D eigenvalue weighted by Crippen LogP contribution is -2.27. The van der Waals surface area contributed by atoms with Crippen LogP contribution in [0.1, 0.15) is 41.5 Å². The first-order valence-electron chi connectivity index (χ1n) is 8.49. The van der Waals surface area contributed by atoms with Gasteiger partial charge in [-0.05, 0) is 43.7 Å². The summed E-state index contributed by atoms with van der Waals surface area (Å²) in [6, 6.07) is 6.08. The quantitative estimate of drug-likeness (QED) is 0.756. The lowest BCUT2D eigenvalue weighted by molar-refractivity contribution is -0.274. The molecule has 2 rings (SSSR count). The van der Waals surface area contributed by atoms with Gasteiger partial charge >= 0.3 is 6.36 Å². The van der Waals surface area contributed by atoms with Gasteiger partial charge in [0.25, 0.3) is 5.91 Å². The van der Waals surface area contributed by atoms with Crippen molar-refractivity contribution in [2.24, 2.45) is 0 Å². The summed E-state index contributed by atoms with van der Waals surface area (Å²) in [7, 11) is 1.23. The highest BCUT2D eigenvalue weighted by molar-refractivity contribution is 5.97. The molecule has 0 saturated heterocycles. The predicted molar refractivity (Wildman–Crippen MR) is 98.8 cm³/mol. The summed E-state index contributed by atoms with van der Waals surface area (Å²) in [6.07, 6.45) is -4.85. The first kappa shape index (κ1) is 22.0. The molecule has 0 aliphatic rings. The Morgan fingerprint density at radius 1 is 1.17 bits per heavy atom. The van der Waals surface area contributed by atoms with Crippen molar-refractivity contribution in [3.63, 3.8) is 0 Å². The summed E-state index contributed by atoms with van der Waals surface area (Å²) >= 11 is 0. The molecule has 2 aromatic rings. The molecule has 1 atom stereocenters. The number of rotatable bonds is 6. The average Bonchev–Trinajstić information content (AvgIpc) is 2.58. The molecule has 0 spiro atoms. The molecular weight excluding hydrogens is 391 g/mol. The van der Waals surface area contributed by atoms with Crippen LogP contribution in [0, 0.1) is 6.92 Å². The molecule has 7 nitrogen and oxygen atoms in total. The lowest BCUT2D eigenvalue weighted by Gasteiger charge is -2.18. The number of ether oxygens (including phenoxy) is 2. The minimum atomic E-state index is -4.85. The zero-order chi connectivity index (χ0) is 21.8. The Kier molecular flexibility index (Phi) is 6.68. The maximum absolute atomic E-state index is 12.6. The number of halogens is 3. The van der Waals surface area contributed by atoms with Crippen LogP contribution in [0.4, 0.5) is 19.0 Å². The van der Waals surface area contributed by atoms with Crippen molar-refractivity contribution in [1.29, 1.82) is 0 Å². The third-order valence-electron chi connectivity index (χ3n) is 3.78. The maximum Gasteiger partial charge on any atom is 0.573 e. The van der Waals surface area contributed by atoms with Crippen molar-refractivity contribution in [3.05, 3.63) is 47.2 Å². The summed E-state index contributed by atoms with van der Waals surface area (Å²) in [6.45, 7) is 4.82. The normalized spacial score (nSPS) is 12.1. The van der Waals surface area contributed by atoms with E-state index in [0.717, 1.165) is 12.1 Å². The molecule has 0 radical (unpaired) electrons. The van der Waals surface area contributed by atoms with E-state index < -0.39 is 24.1 Å². The number of nitrogens with one attached hydrogen (secondary N) is 2. The molecule has 0 bridgehead atoms. The van der Waals surface area contributed by atoms with Gasteiger partial charge in [-0.2, -0.15) is 0 Å². The Morgan fingerprint density at radius 3 is 2.45 bits per heavy atom. The third-order valence-corrected chi connectivity index (χ3v) is 3.78. The fourth-order valence-corrected chi connectivity index (χ4v) is 2.60. The van der Waals surface area contributed by atoms with Crippen LogP contribution in [0.25, 0.3) is 0 Å². The van der Waals surface area contributed by atoms with Crippen molar-refractivity contribution in [2.45, 2.75) is 33.2 Å². The minimum absolute atomic E-state index is 0.0433. The van der Waals surface area contributed by atoms with Gasteiger partial charge < -0.3 is 20.1 Å². The second-order valence-corrected chi connectivity index (χ2v) is 6.21. The molecule has 10 heteroatoms. The fraction of sp³-hybridized carbons (Fsp3) is 0.316. The van der Waals surface area contributed by atoms with Crippen LogP contribution in [0.5, 0.6) is 11.5 Å². The highest BCUT2D eigenvalue weighted by Gasteiger charge is 2.31. The van der Waals surface area contributed by atoms with Gasteiger partial charge in [0, 0.05) is 18.7 Å². The fourth-order valence-electron chi connectivity index (χ4n) is 2.60. The number of anilines is 1. The maximum atomic E-state index is 12.6. The van der Waals surface area contributed by atoms with Gasteiger partial charge in [0.05, 0.1) is 18.7 Å². The molecule has 1 heterocycles. The molecule has 2 amide bonds. The van der Waals surface area contributed by atoms with Crippen LogP contribution in [-0.2, 0) is 4.79 Å². The van der Waals surface area contributed by atoms with Crippen molar-refractivity contribution in [3.8, 4) is 11.5 Å². The van der Waals surface area contributed by atoms with Gasteiger partial charge in [0.2, 0.25) is 5.91 Å². The summed E-state index contributed by atoms with van der Waals surface area (Å²) in [5.41, 5.74) is 1.37. The number of hydrogen-bond donors (Lipinski definition) is 2. The van der Waals surface area contributed by atoms with Crippen LogP contribution in [0.3, 0.4) is 0 Å². The monoisotopic (exact) mass is 411 g/mol. The molecule has 1 aromatic carbocycles. The number of pyridine rings is 1. The zero-order valence-corrected chi connectivity index (χ0v) is 16.2. The van der Waals surface area contributed by atoms with Gasteiger partial charge in [-0.3, -0.25) is 9.59 Å². The Morgan fingerprint density at radius 2 is 1.86 bits per heavy atom. The summed E-state index contributed by atoms with van der Waals surface area (Å²) < 4.78 is 46.0. The minimum Gasteiger partial charge on any atom is -0.496 e. The number of alkyl halides is 3. The standard InChI is InChI=1S/C19H20F3N3O4/c1-10-7-13(8-17(23-10)25-12(3)26)11(2)24-18(27)15-6-5-14(9-16(15)28-4)29-19(20,21)22/h5-9,11H,1-4H3,(H,24,27)(H,23,25,26). The molecule has 29 heavy (non-hydrogen) atoms. The number of nitrogens with zero attached hydrogens (tertiary/aromatic N) is 1. The van der Waals surface area contributed by atoms with E-state index in [1.165, 1.54) is 20.1 Å². The number of carbonyl (C=O) groups is 2. The molecule has 0 saturated carbocycles. The molecule has 0 fully saturated rings. The van der Waals surface area contributed by atoms with Gasteiger partial charge in [0.15, 0.2) is 0 Å². The van der Waals surface area contributed by atoms with E-state index in [0.29, 0.717) is 17.1 Å². The highest BCUT2D eigenvalue weighted by Crippen LogP contribution is 2.29. The number of aromatic nitrogens is 1. The van der Waals surface area contributed by atoms with Crippen LogP contribution >= 0.6 is 0 Å². The average molecular weight is 411 g/mol. The van der Waals surface area contributed by atoms with Crippen LogP contribution in [0.2, 0.25) is 0 Å². The Hall–Kier alpha value is -3.30. The second kappa shape index (κ2) is 8.80. The SMILES string of the molecule is COc1cc(OC(F)(F)F)ccc1C(=O)NC(C)c1cc(C)nc(NC(C)=O)c1. The van der Waals surface area contributed by atoms with Crippen LogP contribution in [0.15, 0.2) is 30.3 Å². The van der Waals surface area contributed by atoms with E-state index >= 15 is 0 Å². The Bertz CT molecular complexity index is 916. The van der Waals surface area contributed by atoms with Crippen molar-refractivity contribution in [1.82, 2.24) is 10.3 Å². The van der Waals surface area contributed by atoms with E-state index in [1.807, 2.05) is 0 Å². The van der Waals surface area contributed by atoms with E-state index in [-0.39, 0.29) is 17.2 Å². The van der Waals surface area contributed by atoms with Crippen molar-refractivity contribution >= 4 is 17.6 Å². The van der Waals surface area contributed by atoms with Crippen molar-refractivity contribution in [2.75, 3.05) is 12.4 Å². The van der Waals surface area contributed by atoms with Gasteiger partial charge in [-0.1, -0.05) is 0 Å². The van der Waals surface area contributed by atoms with E-state index in [4.69, 9.17) is 4.74 Å². The topological polar surface area (TPSA) is 89.6 Å². The van der Waals surface area contributed by atoms with E-state index in [2.05, 4.69) is 20.4 Å². The molecule has 0 aliphatic heterocycles. The summed E-state index contributed by atoms with van der Waals surface area (Å²) in [4.78, 5) is 28.0. The predicted octanol–water partition coefficient (Wildman–Crippen LogP) is 3.75. The van der Waals surface area contributed by atoms with Crippen LogP contribution < -0.4 is 20.1 Å². The van der Waals surface area contributed by atoms with Crippen molar-refractivity contribution < 1.29 is 32.2 Å². The molecule has 1 aromatic heterocycles. The molecule has 1 unspecified atom stereocenters. The first-order chi connectivity index (χ1) is 13.5. The Balaban J connectivity index is 2.21. The third kappa shape index (κ3) is 6.37. The highest BCUT2D eigenvalue weighted by atomic mass is 19.4. The number of methoxy groups -OCH3 is 1. The molecular formula is C19H20F3N3O4. The number of benzene rings is 1. The number of amides is 2. The Labute approximate surface area is 165 Å². The van der Waals surface area contributed by atoms with Gasteiger partial charge in [0.1, 0.15) is 17.3 Å².